The van der Waals surface area contributed by atoms with E-state index >= 15 is 0 Å². The van der Waals surface area contributed by atoms with Gasteiger partial charge in [-0.05, 0) is 23.0 Å². The Kier molecular flexibility index (Phi) is 5.62. The lowest BCUT2D eigenvalue weighted by Gasteiger charge is -2.44. The molecule has 0 spiro atoms. The molecule has 0 unspecified atom stereocenters. The summed E-state index contributed by atoms with van der Waals surface area (Å²) in [6, 6.07) is 1.38. The summed E-state index contributed by atoms with van der Waals surface area (Å²) in [6.07, 6.45) is 14.6. The van der Waals surface area contributed by atoms with Crippen molar-refractivity contribution in [2.24, 2.45) is 5.92 Å². The van der Waals surface area contributed by atoms with E-state index in [4.69, 9.17) is 11.1 Å². The normalized spacial score (nSPS) is 24.7. The van der Waals surface area contributed by atoms with Gasteiger partial charge >= 0.3 is 0 Å². The van der Waals surface area contributed by atoms with Crippen molar-refractivity contribution in [3.05, 3.63) is 0 Å². The zero-order chi connectivity index (χ0) is 13.0. The maximum Gasteiger partial charge on any atom is 0.162 e. The zero-order valence-corrected chi connectivity index (χ0v) is 14.1. The van der Waals surface area contributed by atoms with E-state index in [-0.39, 0.29) is 0 Å². The Morgan fingerprint density at radius 3 is 1.56 bits per heavy atom. The molecule has 0 nitrogen and oxygen atoms in total. The van der Waals surface area contributed by atoms with Crippen LogP contribution in [0.4, 0.5) is 0 Å². The number of hydrogen-bond acceptors (Lipinski definition) is 0. The van der Waals surface area contributed by atoms with Gasteiger partial charge in [-0.1, -0.05) is 78.1 Å². The highest BCUT2D eigenvalue weighted by Gasteiger charge is 2.46. The van der Waals surface area contributed by atoms with Crippen LogP contribution in [0.3, 0.4) is 0 Å². The van der Waals surface area contributed by atoms with E-state index in [1.807, 2.05) is 0 Å². The first-order chi connectivity index (χ1) is 8.63. The van der Waals surface area contributed by atoms with Crippen LogP contribution in [-0.4, -0.2) is 7.38 Å². The Balaban J connectivity index is 2.09. The van der Waals surface area contributed by atoms with Crippen LogP contribution < -0.4 is 0 Å². The summed E-state index contributed by atoms with van der Waals surface area (Å²) >= 11 is 7.43. The highest BCUT2D eigenvalue weighted by atomic mass is 35.6. The summed E-state index contributed by atoms with van der Waals surface area (Å²) in [7, 11) is -1.54. The minimum absolute atomic E-state index is 0.804. The SMILES string of the molecule is CC(C)C[Si](Cl)(C1CCCCC1)C1CCCCC1. The minimum Gasteiger partial charge on any atom is -0.166 e. The third-order valence-corrected chi connectivity index (χ3v) is 12.9. The molecule has 0 amide bonds. The maximum atomic E-state index is 7.43. The average molecular weight is 287 g/mol. The van der Waals surface area contributed by atoms with Gasteiger partial charge in [-0.2, -0.15) is 11.1 Å². The van der Waals surface area contributed by atoms with Crippen molar-refractivity contribution in [2.45, 2.75) is 95.2 Å². The molecule has 0 saturated heterocycles. The lowest BCUT2D eigenvalue weighted by atomic mass is 9.99. The Morgan fingerprint density at radius 2 is 1.22 bits per heavy atom. The Labute approximate surface area is 120 Å². The van der Waals surface area contributed by atoms with Gasteiger partial charge in [0.1, 0.15) is 0 Å². The predicted molar refractivity (Wildman–Crippen MR) is 84.9 cm³/mol. The van der Waals surface area contributed by atoms with Crippen molar-refractivity contribution in [3.63, 3.8) is 0 Å². The van der Waals surface area contributed by atoms with Crippen molar-refractivity contribution < 1.29 is 0 Å². The third kappa shape index (κ3) is 3.54. The summed E-state index contributed by atoms with van der Waals surface area (Å²) in [6.45, 7) is 4.77. The van der Waals surface area contributed by atoms with Crippen molar-refractivity contribution in [2.75, 3.05) is 0 Å². The van der Waals surface area contributed by atoms with Crippen molar-refractivity contribution in [3.8, 4) is 0 Å². The van der Waals surface area contributed by atoms with E-state index in [0.29, 0.717) is 0 Å². The monoisotopic (exact) mass is 286 g/mol. The Morgan fingerprint density at radius 1 is 0.833 bits per heavy atom. The molecule has 0 bridgehead atoms. The molecular weight excluding hydrogens is 256 g/mol. The van der Waals surface area contributed by atoms with E-state index in [0.717, 1.165) is 17.0 Å². The lowest BCUT2D eigenvalue weighted by molar-refractivity contribution is 0.452. The molecule has 0 atom stereocenters. The highest BCUT2D eigenvalue weighted by molar-refractivity contribution is 7.22. The molecule has 2 aliphatic rings. The van der Waals surface area contributed by atoms with Crippen LogP contribution >= 0.6 is 11.1 Å². The van der Waals surface area contributed by atoms with Crippen LogP contribution in [0.25, 0.3) is 0 Å². The summed E-state index contributed by atoms with van der Waals surface area (Å²) in [5.74, 6) is 0.804. The number of rotatable bonds is 4. The highest BCUT2D eigenvalue weighted by Crippen LogP contribution is 2.53. The molecule has 2 saturated carbocycles. The first-order valence-electron chi connectivity index (χ1n) is 8.32. The summed E-state index contributed by atoms with van der Waals surface area (Å²) < 4.78 is 0. The first kappa shape index (κ1) is 14.9. The Bertz CT molecular complexity index is 221. The molecule has 18 heavy (non-hydrogen) atoms. The topological polar surface area (TPSA) is 0 Å². The standard InChI is InChI=1S/C16H31ClSi/c1-14(2)13-18(17,15-9-5-3-6-10-15)16-11-7-4-8-12-16/h14-16H,3-13H2,1-2H3. The molecule has 0 aromatic heterocycles. The van der Waals surface area contributed by atoms with Crippen LogP contribution in [0, 0.1) is 5.92 Å². The van der Waals surface area contributed by atoms with Gasteiger partial charge in [0.15, 0.2) is 7.38 Å². The molecule has 0 aliphatic heterocycles. The van der Waals surface area contributed by atoms with Crippen LogP contribution in [-0.2, 0) is 0 Å². The van der Waals surface area contributed by atoms with Gasteiger partial charge in [-0.3, -0.25) is 0 Å². The predicted octanol–water partition coefficient (Wildman–Crippen LogP) is 6.50. The smallest absolute Gasteiger partial charge is 0.162 e. The van der Waals surface area contributed by atoms with Gasteiger partial charge in [-0.25, -0.2) is 0 Å². The fourth-order valence-electron chi connectivity index (χ4n) is 4.46. The third-order valence-electron chi connectivity index (χ3n) is 5.29. The van der Waals surface area contributed by atoms with Crippen LogP contribution in [0.15, 0.2) is 0 Å². The van der Waals surface area contributed by atoms with Crippen molar-refractivity contribution >= 4 is 18.5 Å². The van der Waals surface area contributed by atoms with E-state index < -0.39 is 7.38 Å². The van der Waals surface area contributed by atoms with Crippen LogP contribution in [0.1, 0.15) is 78.1 Å². The molecular formula is C16H31ClSi. The van der Waals surface area contributed by atoms with E-state index in [2.05, 4.69) is 13.8 Å². The molecule has 2 fully saturated rings. The number of halogens is 1. The quantitative estimate of drug-likeness (QED) is 0.409. The summed E-state index contributed by atoms with van der Waals surface area (Å²) in [5, 5.41) is 0. The average Bonchev–Trinajstić information content (AvgIpc) is 2.40. The molecule has 2 rings (SSSR count). The molecule has 0 aromatic rings. The minimum atomic E-state index is -1.54. The second-order valence-electron chi connectivity index (χ2n) is 7.19. The molecule has 0 heterocycles. The molecule has 0 aromatic carbocycles. The van der Waals surface area contributed by atoms with Crippen LogP contribution in [0.2, 0.25) is 17.1 Å². The largest absolute Gasteiger partial charge is 0.166 e. The number of hydrogen-bond donors (Lipinski definition) is 0. The van der Waals surface area contributed by atoms with Gasteiger partial charge in [0.25, 0.3) is 0 Å². The van der Waals surface area contributed by atoms with Gasteiger partial charge in [0.05, 0.1) is 0 Å². The van der Waals surface area contributed by atoms with Gasteiger partial charge in [0.2, 0.25) is 0 Å². The van der Waals surface area contributed by atoms with Gasteiger partial charge in [0, 0.05) is 0 Å². The molecule has 106 valence electrons. The molecule has 2 aliphatic carbocycles. The maximum absolute atomic E-state index is 7.43. The van der Waals surface area contributed by atoms with E-state index in [1.165, 1.54) is 70.3 Å². The fourth-order valence-corrected chi connectivity index (χ4v) is 12.0. The first-order valence-corrected chi connectivity index (χ1v) is 11.7. The second-order valence-corrected chi connectivity index (χ2v) is 13.2. The van der Waals surface area contributed by atoms with Crippen molar-refractivity contribution in [1.29, 1.82) is 0 Å². The second kappa shape index (κ2) is 6.79. The summed E-state index contributed by atoms with van der Waals surface area (Å²) in [5.41, 5.74) is 1.89. The molecule has 2 heteroatoms. The molecule has 0 radical (unpaired) electrons. The van der Waals surface area contributed by atoms with Crippen molar-refractivity contribution in [1.82, 2.24) is 0 Å². The van der Waals surface area contributed by atoms with Crippen LogP contribution in [0.5, 0.6) is 0 Å². The van der Waals surface area contributed by atoms with E-state index in [1.54, 1.807) is 0 Å². The lowest BCUT2D eigenvalue weighted by Crippen LogP contribution is -2.42. The molecule has 0 N–H and O–H groups in total. The van der Waals surface area contributed by atoms with Gasteiger partial charge < -0.3 is 0 Å². The fraction of sp³-hybridized carbons (Fsp3) is 1.00. The van der Waals surface area contributed by atoms with E-state index in [9.17, 15) is 0 Å². The van der Waals surface area contributed by atoms with Gasteiger partial charge in [-0.15, -0.1) is 0 Å². The Hall–Kier alpha value is 0.507. The summed E-state index contributed by atoms with van der Waals surface area (Å²) in [4.78, 5) is 0. The zero-order valence-electron chi connectivity index (χ0n) is 12.4.